The molecule has 1 nitrogen and oxygen atoms in total. The Morgan fingerprint density at radius 2 is 2.06 bits per heavy atom. The van der Waals surface area contributed by atoms with Gasteiger partial charge in [0.05, 0.1) is 10.5 Å². The lowest BCUT2D eigenvalue weighted by Crippen LogP contribution is -1.95. The quantitative estimate of drug-likeness (QED) is 0.754. The fourth-order valence-electron chi connectivity index (χ4n) is 1.81. The number of hydrogen-bond acceptors (Lipinski definition) is 1. The highest BCUT2D eigenvalue weighted by Crippen LogP contribution is 2.28. The molecule has 0 bridgehead atoms. The van der Waals surface area contributed by atoms with E-state index < -0.39 is 0 Å². The number of benzene rings is 1. The number of fused-ring (bicyclic) bond motifs is 1. The van der Waals surface area contributed by atoms with Crippen molar-refractivity contribution in [2.24, 2.45) is 0 Å². The molecule has 0 saturated carbocycles. The molecular weight excluding hydrogens is 253 g/mol. The highest BCUT2D eigenvalue weighted by atomic mass is 35.5. The van der Waals surface area contributed by atoms with E-state index in [0.717, 1.165) is 38.6 Å². The van der Waals surface area contributed by atoms with E-state index >= 15 is 0 Å². The third kappa shape index (κ3) is 2.62. The normalized spacial score (nSPS) is 12.1. The van der Waals surface area contributed by atoms with Crippen LogP contribution < -0.4 is 0 Å². The summed E-state index contributed by atoms with van der Waals surface area (Å²) in [5.74, 6) is 0. The molecule has 0 fully saturated rings. The minimum absolute atomic E-state index is 0.720. The second-order valence-corrected chi connectivity index (χ2v) is 4.98. The molecule has 2 aromatic rings. The predicted molar refractivity (Wildman–Crippen MR) is 74.8 cm³/mol. The van der Waals surface area contributed by atoms with Crippen LogP contribution in [-0.4, -0.2) is 4.98 Å². The van der Waals surface area contributed by atoms with E-state index in [1.807, 2.05) is 44.2 Å². The van der Waals surface area contributed by atoms with Gasteiger partial charge in [-0.05, 0) is 31.9 Å². The number of pyridine rings is 1. The van der Waals surface area contributed by atoms with Gasteiger partial charge in [-0.2, -0.15) is 0 Å². The highest BCUT2D eigenvalue weighted by molar-refractivity contribution is 6.36. The molecule has 0 aliphatic rings. The number of aromatic nitrogens is 1. The summed E-state index contributed by atoms with van der Waals surface area (Å²) in [6.07, 6.45) is 2.67. The predicted octanol–water partition coefficient (Wildman–Crippen LogP) is 4.88. The van der Waals surface area contributed by atoms with Crippen LogP contribution in [0.1, 0.15) is 18.2 Å². The van der Waals surface area contributed by atoms with E-state index in [0.29, 0.717) is 0 Å². The monoisotopic (exact) mass is 265 g/mol. The Bertz CT molecular complexity index is 584. The van der Waals surface area contributed by atoms with Crippen molar-refractivity contribution in [3.63, 3.8) is 0 Å². The Morgan fingerprint density at radius 3 is 2.76 bits per heavy atom. The lowest BCUT2D eigenvalue weighted by atomic mass is 10.1. The average Bonchev–Trinajstić information content (AvgIpc) is 2.28. The van der Waals surface area contributed by atoms with Gasteiger partial charge in [-0.1, -0.05) is 47.5 Å². The molecule has 0 aliphatic heterocycles. The zero-order chi connectivity index (χ0) is 12.4. The molecule has 0 aliphatic carbocycles. The molecule has 88 valence electrons. The smallest absolute Gasteiger partial charge is 0.0720 e. The molecule has 0 N–H and O–H groups in total. The number of nitrogens with zero attached hydrogens (tertiary/aromatic N) is 1. The van der Waals surface area contributed by atoms with Crippen LogP contribution in [0.25, 0.3) is 10.9 Å². The van der Waals surface area contributed by atoms with Crippen molar-refractivity contribution < 1.29 is 0 Å². The van der Waals surface area contributed by atoms with Gasteiger partial charge < -0.3 is 0 Å². The summed E-state index contributed by atoms with van der Waals surface area (Å²) >= 11 is 12.3. The molecule has 0 radical (unpaired) electrons. The first-order valence-corrected chi connectivity index (χ1v) is 6.21. The summed E-state index contributed by atoms with van der Waals surface area (Å²) in [5, 5.41) is 2.55. The van der Waals surface area contributed by atoms with Crippen LogP contribution in [0.2, 0.25) is 5.02 Å². The van der Waals surface area contributed by atoms with Gasteiger partial charge in [0.1, 0.15) is 0 Å². The molecular formula is C14H13Cl2N. The lowest BCUT2D eigenvalue weighted by molar-refractivity contribution is 1.13. The van der Waals surface area contributed by atoms with E-state index in [2.05, 4.69) is 4.98 Å². The van der Waals surface area contributed by atoms with Crippen LogP contribution in [-0.2, 0) is 6.42 Å². The van der Waals surface area contributed by atoms with E-state index in [1.54, 1.807) is 0 Å². The molecule has 2 rings (SSSR count). The van der Waals surface area contributed by atoms with Crippen molar-refractivity contribution in [2.45, 2.75) is 20.3 Å². The molecule has 1 heterocycles. The maximum Gasteiger partial charge on any atom is 0.0720 e. The summed E-state index contributed by atoms with van der Waals surface area (Å²) in [6, 6.07) is 7.90. The Labute approximate surface area is 111 Å². The summed E-state index contributed by atoms with van der Waals surface area (Å²) in [6.45, 7) is 3.84. The first-order chi connectivity index (χ1) is 8.09. The number of allylic oxidation sites excluding steroid dienone is 2. The molecule has 1 aromatic heterocycles. The van der Waals surface area contributed by atoms with Crippen LogP contribution in [0.4, 0.5) is 0 Å². The Hall–Kier alpha value is -1.05. The molecule has 0 atom stereocenters. The van der Waals surface area contributed by atoms with Gasteiger partial charge in [0, 0.05) is 16.1 Å². The molecule has 0 saturated heterocycles. The zero-order valence-corrected chi connectivity index (χ0v) is 11.3. The Balaban J connectivity index is 2.59. The Morgan fingerprint density at radius 1 is 1.35 bits per heavy atom. The number of para-hydroxylation sites is 1. The van der Waals surface area contributed by atoms with Crippen molar-refractivity contribution in [1.29, 1.82) is 0 Å². The van der Waals surface area contributed by atoms with Crippen molar-refractivity contribution in [3.8, 4) is 0 Å². The van der Waals surface area contributed by atoms with Gasteiger partial charge >= 0.3 is 0 Å². The summed E-state index contributed by atoms with van der Waals surface area (Å²) < 4.78 is 0. The van der Waals surface area contributed by atoms with Gasteiger partial charge in [0.15, 0.2) is 0 Å². The number of hydrogen-bond donors (Lipinski definition) is 0. The first kappa shape index (κ1) is 12.4. The van der Waals surface area contributed by atoms with E-state index in [4.69, 9.17) is 23.2 Å². The van der Waals surface area contributed by atoms with Gasteiger partial charge in [-0.3, -0.25) is 4.98 Å². The summed E-state index contributed by atoms with van der Waals surface area (Å²) in [5.41, 5.74) is 2.94. The molecule has 0 spiro atoms. The summed E-state index contributed by atoms with van der Waals surface area (Å²) in [4.78, 5) is 4.56. The fraction of sp³-hybridized carbons (Fsp3) is 0.214. The number of aryl methyl sites for hydroxylation is 1. The third-order valence-electron chi connectivity index (χ3n) is 2.72. The van der Waals surface area contributed by atoms with Gasteiger partial charge in [0.25, 0.3) is 0 Å². The Kier molecular flexibility index (Phi) is 3.70. The third-order valence-corrected chi connectivity index (χ3v) is 3.30. The lowest BCUT2D eigenvalue weighted by Gasteiger charge is -2.09. The highest BCUT2D eigenvalue weighted by Gasteiger charge is 2.09. The van der Waals surface area contributed by atoms with Gasteiger partial charge in [0.2, 0.25) is 0 Å². The van der Waals surface area contributed by atoms with Crippen LogP contribution in [0, 0.1) is 6.92 Å². The summed E-state index contributed by atoms with van der Waals surface area (Å²) in [7, 11) is 0. The van der Waals surface area contributed by atoms with Crippen LogP contribution in [0.15, 0.2) is 35.4 Å². The van der Waals surface area contributed by atoms with Crippen LogP contribution in [0.5, 0.6) is 0 Å². The minimum atomic E-state index is 0.720. The average molecular weight is 266 g/mol. The number of halogens is 2. The topological polar surface area (TPSA) is 12.9 Å². The van der Waals surface area contributed by atoms with E-state index in [1.165, 1.54) is 0 Å². The molecule has 0 unspecified atom stereocenters. The van der Waals surface area contributed by atoms with Crippen LogP contribution >= 0.6 is 23.2 Å². The van der Waals surface area contributed by atoms with Crippen molar-refractivity contribution >= 4 is 34.1 Å². The second-order valence-electron chi connectivity index (χ2n) is 4.00. The van der Waals surface area contributed by atoms with Gasteiger partial charge in [-0.25, -0.2) is 0 Å². The van der Waals surface area contributed by atoms with Crippen molar-refractivity contribution in [2.75, 3.05) is 0 Å². The molecule has 1 aromatic carbocycles. The first-order valence-electron chi connectivity index (χ1n) is 5.45. The van der Waals surface area contributed by atoms with Crippen molar-refractivity contribution in [1.82, 2.24) is 4.98 Å². The minimum Gasteiger partial charge on any atom is -0.253 e. The fourth-order valence-corrected chi connectivity index (χ4v) is 2.26. The maximum atomic E-state index is 6.42. The molecule has 17 heavy (non-hydrogen) atoms. The van der Waals surface area contributed by atoms with Crippen molar-refractivity contribution in [3.05, 3.63) is 51.7 Å². The second kappa shape index (κ2) is 5.07. The largest absolute Gasteiger partial charge is 0.253 e. The standard InChI is InChI=1S/C14H13Cl2N/c1-9(15)7-8-11-10(2)17-13-6-4-3-5-12(13)14(11)16/h3-7H,8H2,1-2H3/b9-7+. The van der Waals surface area contributed by atoms with E-state index in [9.17, 15) is 0 Å². The zero-order valence-electron chi connectivity index (χ0n) is 9.80. The maximum absolute atomic E-state index is 6.42. The molecule has 0 amide bonds. The SMILES string of the molecule is C/C(Cl)=C\Cc1c(C)nc2ccccc2c1Cl. The van der Waals surface area contributed by atoms with Crippen LogP contribution in [0.3, 0.4) is 0 Å². The molecule has 3 heteroatoms. The van der Waals surface area contributed by atoms with E-state index in [-0.39, 0.29) is 0 Å². The number of rotatable bonds is 2. The van der Waals surface area contributed by atoms with Gasteiger partial charge in [-0.15, -0.1) is 0 Å².